The summed E-state index contributed by atoms with van der Waals surface area (Å²) in [5, 5.41) is 9.65. The third-order valence-electron chi connectivity index (χ3n) is 3.45. The lowest BCUT2D eigenvalue weighted by Gasteiger charge is -2.36. The van der Waals surface area contributed by atoms with Gasteiger partial charge in [-0.2, -0.15) is 9.40 Å². The molecule has 2 rings (SSSR count). The third-order valence-corrected chi connectivity index (χ3v) is 5.28. The number of piperidine rings is 1. The normalized spacial score (nSPS) is 26.3. The van der Waals surface area contributed by atoms with E-state index in [1.54, 1.807) is 4.31 Å². The van der Waals surface area contributed by atoms with Crippen LogP contribution in [0.4, 0.5) is 0 Å². The van der Waals surface area contributed by atoms with Gasteiger partial charge in [0.1, 0.15) is 4.90 Å². The molecular weight excluding hydrogens is 252 g/mol. The molecule has 1 fully saturated rings. The lowest BCUT2D eigenvalue weighted by atomic mass is 9.95. The first kappa shape index (κ1) is 13.5. The van der Waals surface area contributed by atoms with Crippen LogP contribution < -0.4 is 5.32 Å². The van der Waals surface area contributed by atoms with E-state index in [4.69, 9.17) is 0 Å². The second-order valence-electron chi connectivity index (χ2n) is 4.73. The number of nitrogens with one attached hydrogen (secondary N) is 2. The molecule has 2 atom stereocenters. The van der Waals surface area contributed by atoms with Crippen molar-refractivity contribution in [3.63, 3.8) is 0 Å². The molecule has 1 aromatic rings. The SMILES string of the molecule is CCNC1CCN(S(=O)(=O)c2cn[nH]c2)CC1C. The van der Waals surface area contributed by atoms with Gasteiger partial charge in [0.2, 0.25) is 10.0 Å². The summed E-state index contributed by atoms with van der Waals surface area (Å²) in [6.45, 7) is 6.20. The van der Waals surface area contributed by atoms with Crippen LogP contribution in [-0.4, -0.2) is 48.6 Å². The van der Waals surface area contributed by atoms with Crippen molar-refractivity contribution in [1.82, 2.24) is 19.8 Å². The Labute approximate surface area is 108 Å². The molecule has 2 unspecified atom stereocenters. The molecule has 2 heterocycles. The van der Waals surface area contributed by atoms with E-state index in [2.05, 4.69) is 29.4 Å². The number of hydrogen-bond acceptors (Lipinski definition) is 4. The minimum atomic E-state index is -3.38. The van der Waals surface area contributed by atoms with Crippen molar-refractivity contribution in [1.29, 1.82) is 0 Å². The van der Waals surface area contributed by atoms with Gasteiger partial charge >= 0.3 is 0 Å². The molecule has 2 N–H and O–H groups in total. The van der Waals surface area contributed by atoms with Gasteiger partial charge in [-0.05, 0) is 18.9 Å². The largest absolute Gasteiger partial charge is 0.314 e. The van der Waals surface area contributed by atoms with Crippen LogP contribution in [-0.2, 0) is 10.0 Å². The van der Waals surface area contributed by atoms with Gasteiger partial charge in [0, 0.05) is 25.3 Å². The van der Waals surface area contributed by atoms with Crippen molar-refractivity contribution in [2.45, 2.75) is 31.2 Å². The molecule has 0 spiro atoms. The monoisotopic (exact) mass is 272 g/mol. The third kappa shape index (κ3) is 2.57. The molecule has 1 saturated heterocycles. The van der Waals surface area contributed by atoms with Crippen LogP contribution in [0.2, 0.25) is 0 Å². The van der Waals surface area contributed by atoms with E-state index in [-0.39, 0.29) is 4.90 Å². The number of aromatic nitrogens is 2. The number of hydrogen-bond donors (Lipinski definition) is 2. The molecule has 1 aromatic heterocycles. The highest BCUT2D eigenvalue weighted by molar-refractivity contribution is 7.89. The molecule has 0 bridgehead atoms. The summed E-state index contributed by atoms with van der Waals surface area (Å²) >= 11 is 0. The fourth-order valence-corrected chi connectivity index (χ4v) is 3.88. The number of rotatable bonds is 4. The van der Waals surface area contributed by atoms with E-state index in [0.717, 1.165) is 13.0 Å². The smallest absolute Gasteiger partial charge is 0.246 e. The van der Waals surface area contributed by atoms with Gasteiger partial charge in [-0.3, -0.25) is 5.10 Å². The molecule has 1 aliphatic heterocycles. The molecule has 0 amide bonds. The summed E-state index contributed by atoms with van der Waals surface area (Å²) in [5.41, 5.74) is 0. The van der Waals surface area contributed by atoms with Gasteiger partial charge < -0.3 is 5.32 Å². The van der Waals surface area contributed by atoms with Crippen molar-refractivity contribution < 1.29 is 8.42 Å². The van der Waals surface area contributed by atoms with Gasteiger partial charge in [0.05, 0.1) is 6.20 Å². The number of sulfonamides is 1. The second kappa shape index (κ2) is 5.38. The van der Waals surface area contributed by atoms with Crippen molar-refractivity contribution in [3.05, 3.63) is 12.4 Å². The highest BCUT2D eigenvalue weighted by Crippen LogP contribution is 2.23. The van der Waals surface area contributed by atoms with E-state index in [9.17, 15) is 8.42 Å². The maximum absolute atomic E-state index is 12.3. The van der Waals surface area contributed by atoms with E-state index in [1.165, 1.54) is 12.4 Å². The molecule has 0 aromatic carbocycles. The van der Waals surface area contributed by atoms with Crippen LogP contribution in [0.1, 0.15) is 20.3 Å². The molecule has 7 heteroatoms. The Bertz CT molecular complexity index is 471. The minimum Gasteiger partial charge on any atom is -0.314 e. The maximum Gasteiger partial charge on any atom is 0.246 e. The fraction of sp³-hybridized carbons (Fsp3) is 0.727. The summed E-state index contributed by atoms with van der Waals surface area (Å²) in [6, 6.07) is 0.408. The van der Waals surface area contributed by atoms with Crippen molar-refractivity contribution in [3.8, 4) is 0 Å². The lowest BCUT2D eigenvalue weighted by Crippen LogP contribution is -2.49. The van der Waals surface area contributed by atoms with Crippen molar-refractivity contribution in [2.24, 2.45) is 5.92 Å². The van der Waals surface area contributed by atoms with Gasteiger partial charge in [-0.1, -0.05) is 13.8 Å². The van der Waals surface area contributed by atoms with Crippen molar-refractivity contribution in [2.75, 3.05) is 19.6 Å². The van der Waals surface area contributed by atoms with Gasteiger partial charge in [0.25, 0.3) is 0 Å². The Hall–Kier alpha value is -0.920. The topological polar surface area (TPSA) is 78.1 Å². The average Bonchev–Trinajstić information content (AvgIpc) is 2.86. The van der Waals surface area contributed by atoms with Crippen LogP contribution in [0.3, 0.4) is 0 Å². The van der Waals surface area contributed by atoms with Crippen LogP contribution in [0.25, 0.3) is 0 Å². The molecule has 0 aliphatic carbocycles. The molecule has 0 radical (unpaired) electrons. The number of aromatic amines is 1. The lowest BCUT2D eigenvalue weighted by molar-refractivity contribution is 0.222. The Balaban J connectivity index is 2.09. The zero-order valence-corrected chi connectivity index (χ0v) is 11.6. The van der Waals surface area contributed by atoms with Gasteiger partial charge in [0.15, 0.2) is 0 Å². The highest BCUT2D eigenvalue weighted by Gasteiger charge is 2.33. The predicted molar refractivity (Wildman–Crippen MR) is 68.6 cm³/mol. The van der Waals surface area contributed by atoms with E-state index >= 15 is 0 Å². The van der Waals surface area contributed by atoms with E-state index in [0.29, 0.717) is 25.0 Å². The number of nitrogens with zero attached hydrogens (tertiary/aromatic N) is 2. The van der Waals surface area contributed by atoms with Gasteiger partial charge in [-0.15, -0.1) is 0 Å². The summed E-state index contributed by atoms with van der Waals surface area (Å²) in [5.74, 6) is 0.320. The molecule has 1 aliphatic rings. The summed E-state index contributed by atoms with van der Waals surface area (Å²) in [4.78, 5) is 0.247. The van der Waals surface area contributed by atoms with Crippen LogP contribution in [0, 0.1) is 5.92 Å². The fourth-order valence-electron chi connectivity index (χ4n) is 2.42. The standard InChI is InChI=1S/C11H20N4O2S/c1-3-12-11-4-5-15(8-9(11)2)18(16,17)10-6-13-14-7-10/h6-7,9,11-12H,3-5,8H2,1-2H3,(H,13,14). The van der Waals surface area contributed by atoms with Crippen LogP contribution >= 0.6 is 0 Å². The summed E-state index contributed by atoms with van der Waals surface area (Å²) in [7, 11) is -3.38. The quantitative estimate of drug-likeness (QED) is 0.832. The van der Waals surface area contributed by atoms with Crippen molar-refractivity contribution >= 4 is 10.0 Å². The summed E-state index contributed by atoms with van der Waals surface area (Å²) in [6.07, 6.45) is 3.64. The minimum absolute atomic E-state index is 0.247. The zero-order chi connectivity index (χ0) is 13.2. The van der Waals surface area contributed by atoms with E-state index < -0.39 is 10.0 Å². The molecular formula is C11H20N4O2S. The Morgan fingerprint density at radius 3 is 2.94 bits per heavy atom. The van der Waals surface area contributed by atoms with E-state index in [1.807, 2.05) is 0 Å². The predicted octanol–water partition coefficient (Wildman–Crippen LogP) is 0.418. The van der Waals surface area contributed by atoms with Crippen LogP contribution in [0.5, 0.6) is 0 Å². The first-order valence-electron chi connectivity index (χ1n) is 6.28. The second-order valence-corrected chi connectivity index (χ2v) is 6.67. The Morgan fingerprint density at radius 1 is 1.61 bits per heavy atom. The first-order chi connectivity index (χ1) is 8.55. The maximum atomic E-state index is 12.3. The van der Waals surface area contributed by atoms with Gasteiger partial charge in [-0.25, -0.2) is 8.42 Å². The van der Waals surface area contributed by atoms with Crippen LogP contribution in [0.15, 0.2) is 17.3 Å². The first-order valence-corrected chi connectivity index (χ1v) is 7.72. The Kier molecular flexibility index (Phi) is 4.04. The zero-order valence-electron chi connectivity index (χ0n) is 10.8. The Morgan fingerprint density at radius 2 is 2.39 bits per heavy atom. The molecule has 18 heavy (non-hydrogen) atoms. The summed E-state index contributed by atoms with van der Waals surface area (Å²) < 4.78 is 26.2. The number of H-pyrrole nitrogens is 1. The average molecular weight is 272 g/mol. The molecule has 6 nitrogen and oxygen atoms in total. The molecule has 102 valence electrons. The highest BCUT2D eigenvalue weighted by atomic mass is 32.2. The molecule has 0 saturated carbocycles.